The van der Waals surface area contributed by atoms with Crippen molar-refractivity contribution >= 4 is 40.5 Å². The van der Waals surface area contributed by atoms with Gasteiger partial charge in [-0.1, -0.05) is 76.4 Å². The second-order valence-corrected chi connectivity index (χ2v) is 8.03. The molecule has 1 aliphatic heterocycles. The topological polar surface area (TPSA) is 30.8 Å². The van der Waals surface area contributed by atoms with E-state index >= 15 is 0 Å². The van der Waals surface area contributed by atoms with Crippen molar-refractivity contribution < 1.29 is 9.57 Å². The number of nitrogens with zero attached hydrogens (tertiary/aromatic N) is 1. The van der Waals surface area contributed by atoms with Gasteiger partial charge in [0, 0.05) is 33.5 Å². The Labute approximate surface area is 184 Å². The Kier molecular flexibility index (Phi) is 6.29. The highest BCUT2D eigenvalue weighted by Crippen LogP contribution is 2.29. The summed E-state index contributed by atoms with van der Waals surface area (Å²) in [5.74, 6) is 0.784. The van der Waals surface area contributed by atoms with E-state index in [1.54, 1.807) is 12.1 Å². The van der Waals surface area contributed by atoms with Crippen LogP contribution in [0.25, 0.3) is 0 Å². The van der Waals surface area contributed by atoms with Gasteiger partial charge < -0.3 is 9.57 Å². The van der Waals surface area contributed by atoms with E-state index in [-0.39, 0.29) is 6.10 Å². The van der Waals surface area contributed by atoms with Crippen LogP contribution in [0.2, 0.25) is 15.1 Å². The Morgan fingerprint density at radius 2 is 1.62 bits per heavy atom. The van der Waals surface area contributed by atoms with Gasteiger partial charge in [-0.05, 0) is 41.5 Å². The third kappa shape index (κ3) is 4.87. The van der Waals surface area contributed by atoms with Crippen molar-refractivity contribution in [3.63, 3.8) is 0 Å². The molecule has 0 aromatic heterocycles. The van der Waals surface area contributed by atoms with E-state index in [4.69, 9.17) is 44.4 Å². The lowest BCUT2D eigenvalue weighted by Crippen LogP contribution is -2.13. The first-order valence-electron chi connectivity index (χ1n) is 9.22. The van der Waals surface area contributed by atoms with Gasteiger partial charge >= 0.3 is 0 Å². The third-order valence-corrected chi connectivity index (χ3v) is 5.72. The molecule has 0 spiro atoms. The van der Waals surface area contributed by atoms with Crippen LogP contribution < -0.4 is 4.74 Å². The molecule has 0 amide bonds. The molecule has 6 heteroatoms. The normalized spacial score (nSPS) is 15.7. The van der Waals surface area contributed by atoms with Crippen molar-refractivity contribution in [1.82, 2.24) is 0 Å². The van der Waals surface area contributed by atoms with Gasteiger partial charge in [0.05, 0.1) is 5.71 Å². The van der Waals surface area contributed by atoms with Gasteiger partial charge in [-0.2, -0.15) is 0 Å². The molecule has 1 heterocycles. The smallest absolute Gasteiger partial charge is 0.137 e. The van der Waals surface area contributed by atoms with Gasteiger partial charge in [-0.3, -0.25) is 0 Å². The molecule has 0 saturated carbocycles. The molecule has 1 unspecified atom stereocenters. The molecule has 3 nitrogen and oxygen atoms in total. The molecule has 0 saturated heterocycles. The molecule has 1 aliphatic rings. The first-order chi connectivity index (χ1) is 14.1. The summed E-state index contributed by atoms with van der Waals surface area (Å²) in [7, 11) is 0. The number of para-hydroxylation sites is 1. The molecular weight excluding hydrogens is 429 g/mol. The van der Waals surface area contributed by atoms with Crippen molar-refractivity contribution in [1.29, 1.82) is 0 Å². The summed E-state index contributed by atoms with van der Waals surface area (Å²) >= 11 is 18.5. The van der Waals surface area contributed by atoms with Gasteiger partial charge in [-0.25, -0.2) is 0 Å². The van der Waals surface area contributed by atoms with E-state index < -0.39 is 0 Å². The molecule has 3 aromatic rings. The average molecular weight is 447 g/mol. The summed E-state index contributed by atoms with van der Waals surface area (Å²) in [4.78, 5) is 5.67. The minimum atomic E-state index is -0.0469. The fourth-order valence-electron chi connectivity index (χ4n) is 3.23. The lowest BCUT2D eigenvalue weighted by Gasteiger charge is -2.15. The zero-order chi connectivity index (χ0) is 20.2. The maximum atomic E-state index is 6.25. The quantitative estimate of drug-likeness (QED) is 0.410. The second kappa shape index (κ2) is 9.08. The Morgan fingerprint density at radius 3 is 2.38 bits per heavy atom. The molecular formula is C23H18Cl3NO2. The van der Waals surface area contributed by atoms with Crippen LogP contribution in [0.1, 0.15) is 23.1 Å². The lowest BCUT2D eigenvalue weighted by atomic mass is 10.00. The molecule has 29 heavy (non-hydrogen) atoms. The monoisotopic (exact) mass is 445 g/mol. The summed E-state index contributed by atoms with van der Waals surface area (Å²) in [5.41, 5.74) is 3.77. The van der Waals surface area contributed by atoms with Crippen LogP contribution in [0.3, 0.4) is 0 Å². The fourth-order valence-corrected chi connectivity index (χ4v) is 3.86. The first-order valence-corrected chi connectivity index (χ1v) is 10.4. The number of oxime groups is 1. The number of halogens is 3. The zero-order valence-corrected chi connectivity index (χ0v) is 17.7. The maximum Gasteiger partial charge on any atom is 0.137 e. The zero-order valence-electron chi connectivity index (χ0n) is 15.4. The molecule has 0 radical (unpaired) electrons. The number of rotatable bonds is 6. The average Bonchev–Trinajstić information content (AvgIpc) is 3.18. The standard InChI is InChI=1S/C23H18Cl3NO2/c24-17-10-8-15(9-11-17)22-13-18(29-27-22)12-16-4-1-2-7-23(16)28-14-19-20(25)5-3-6-21(19)26/h1-11,18H,12-14H2. The van der Waals surface area contributed by atoms with Crippen molar-refractivity contribution in [3.05, 3.63) is 98.5 Å². The molecule has 0 fully saturated rings. The van der Waals surface area contributed by atoms with E-state index in [0.29, 0.717) is 28.1 Å². The maximum absolute atomic E-state index is 6.25. The molecule has 4 rings (SSSR count). The summed E-state index contributed by atoms with van der Waals surface area (Å²) in [5, 5.41) is 6.15. The number of hydrogen-bond acceptors (Lipinski definition) is 3. The minimum absolute atomic E-state index is 0.0469. The van der Waals surface area contributed by atoms with Gasteiger partial charge in [0.1, 0.15) is 18.5 Å². The van der Waals surface area contributed by atoms with Gasteiger partial charge in [0.25, 0.3) is 0 Å². The molecule has 0 bridgehead atoms. The Bertz CT molecular complexity index is 1010. The van der Waals surface area contributed by atoms with E-state index in [1.807, 2.05) is 54.6 Å². The highest BCUT2D eigenvalue weighted by molar-refractivity contribution is 6.36. The Balaban J connectivity index is 1.42. The fraction of sp³-hybridized carbons (Fsp3) is 0.174. The van der Waals surface area contributed by atoms with Crippen LogP contribution in [0.4, 0.5) is 0 Å². The predicted molar refractivity (Wildman–Crippen MR) is 118 cm³/mol. The largest absolute Gasteiger partial charge is 0.489 e. The predicted octanol–water partition coefficient (Wildman–Crippen LogP) is 6.96. The van der Waals surface area contributed by atoms with E-state index in [9.17, 15) is 0 Å². The van der Waals surface area contributed by atoms with Crippen molar-refractivity contribution in [2.24, 2.45) is 5.16 Å². The van der Waals surface area contributed by atoms with Crippen molar-refractivity contribution in [3.8, 4) is 5.75 Å². The molecule has 0 N–H and O–H groups in total. The van der Waals surface area contributed by atoms with Gasteiger partial charge in [0.2, 0.25) is 0 Å². The van der Waals surface area contributed by atoms with Crippen LogP contribution in [0, 0.1) is 0 Å². The highest BCUT2D eigenvalue weighted by atomic mass is 35.5. The van der Waals surface area contributed by atoms with E-state index in [0.717, 1.165) is 34.6 Å². The van der Waals surface area contributed by atoms with Crippen LogP contribution >= 0.6 is 34.8 Å². The van der Waals surface area contributed by atoms with Crippen molar-refractivity contribution in [2.45, 2.75) is 25.6 Å². The SMILES string of the molecule is Clc1ccc(C2=NOC(Cc3ccccc3OCc3c(Cl)cccc3Cl)C2)cc1. The summed E-state index contributed by atoms with van der Waals surface area (Å²) in [6, 6.07) is 21.0. The van der Waals surface area contributed by atoms with E-state index in [1.165, 1.54) is 0 Å². The number of benzene rings is 3. The number of ether oxygens (including phenoxy) is 1. The highest BCUT2D eigenvalue weighted by Gasteiger charge is 2.23. The van der Waals surface area contributed by atoms with Crippen molar-refractivity contribution in [2.75, 3.05) is 0 Å². The molecule has 1 atom stereocenters. The summed E-state index contributed by atoms with van der Waals surface area (Å²) in [6.07, 6.45) is 1.37. The Hall–Kier alpha value is -2.20. The lowest BCUT2D eigenvalue weighted by molar-refractivity contribution is 0.0852. The number of hydrogen-bond donors (Lipinski definition) is 0. The first kappa shape index (κ1) is 20.1. The minimum Gasteiger partial charge on any atom is -0.489 e. The second-order valence-electron chi connectivity index (χ2n) is 6.78. The Morgan fingerprint density at radius 1 is 0.897 bits per heavy atom. The van der Waals surface area contributed by atoms with E-state index in [2.05, 4.69) is 5.16 Å². The van der Waals surface area contributed by atoms with Gasteiger partial charge in [-0.15, -0.1) is 0 Å². The summed E-state index contributed by atoms with van der Waals surface area (Å²) in [6.45, 7) is 0.299. The molecule has 0 aliphatic carbocycles. The third-order valence-electron chi connectivity index (χ3n) is 4.76. The van der Waals surface area contributed by atoms with Crippen LogP contribution in [-0.2, 0) is 17.9 Å². The molecule has 3 aromatic carbocycles. The van der Waals surface area contributed by atoms with Gasteiger partial charge in [0.15, 0.2) is 0 Å². The van der Waals surface area contributed by atoms with Crippen LogP contribution in [-0.4, -0.2) is 11.8 Å². The van der Waals surface area contributed by atoms with Crippen LogP contribution in [0.5, 0.6) is 5.75 Å². The molecule has 148 valence electrons. The van der Waals surface area contributed by atoms with Crippen LogP contribution in [0.15, 0.2) is 71.9 Å². The summed E-state index contributed by atoms with van der Waals surface area (Å²) < 4.78 is 6.04.